The smallest absolute Gasteiger partial charge is 0.174 e. The van der Waals surface area contributed by atoms with Gasteiger partial charge in [0.15, 0.2) is 18.9 Å². The molecule has 0 amide bonds. The summed E-state index contributed by atoms with van der Waals surface area (Å²) in [6.07, 6.45) is 4.13. The van der Waals surface area contributed by atoms with Crippen molar-refractivity contribution in [2.75, 3.05) is 0 Å². The highest BCUT2D eigenvalue weighted by atomic mass is 79.9. The monoisotopic (exact) mass is 405 g/mol. The molecule has 1 nitrogen and oxygen atoms in total. The second-order valence-electron chi connectivity index (χ2n) is 3.26. The molecular formula is C12H10Br3N. The Kier molecular flexibility index (Phi) is 5.66. The minimum Gasteiger partial charge on any atom is -1.00 e. The maximum absolute atomic E-state index is 3.58. The molecule has 4 heteroatoms. The Balaban J connectivity index is 0.00000128. The van der Waals surface area contributed by atoms with E-state index in [9.17, 15) is 0 Å². The first-order chi connectivity index (χ1) is 7.27. The second-order valence-corrected chi connectivity index (χ2v) is 4.91. The third-order valence-corrected chi connectivity index (χ3v) is 4.29. The molecule has 1 heterocycles. The predicted octanol–water partition coefficient (Wildman–Crippen LogP) is 0.551. The van der Waals surface area contributed by atoms with Gasteiger partial charge in [0.2, 0.25) is 0 Å². The van der Waals surface area contributed by atoms with E-state index < -0.39 is 0 Å². The van der Waals surface area contributed by atoms with Crippen LogP contribution in [0.15, 0.2) is 57.7 Å². The fourth-order valence-electron chi connectivity index (χ4n) is 1.41. The molecule has 0 saturated carbocycles. The molecule has 0 N–H and O–H groups in total. The van der Waals surface area contributed by atoms with Crippen molar-refractivity contribution in [1.82, 2.24) is 0 Å². The lowest BCUT2D eigenvalue weighted by Crippen LogP contribution is -3.00. The fourth-order valence-corrected chi connectivity index (χ4v) is 2.20. The van der Waals surface area contributed by atoms with E-state index in [0.717, 1.165) is 15.5 Å². The summed E-state index contributed by atoms with van der Waals surface area (Å²) in [7, 11) is 0. The molecule has 0 aliphatic rings. The second kappa shape index (κ2) is 6.52. The number of aromatic nitrogens is 1. The average molecular weight is 408 g/mol. The van der Waals surface area contributed by atoms with Crippen LogP contribution in [0.3, 0.4) is 0 Å². The molecule has 2 rings (SSSR count). The van der Waals surface area contributed by atoms with Crippen molar-refractivity contribution in [2.24, 2.45) is 0 Å². The Morgan fingerprint density at radius 3 is 2.31 bits per heavy atom. The zero-order valence-electron chi connectivity index (χ0n) is 8.41. The average Bonchev–Trinajstić information content (AvgIpc) is 2.26. The molecule has 0 saturated heterocycles. The van der Waals surface area contributed by atoms with Crippen molar-refractivity contribution in [3.05, 3.63) is 63.3 Å². The van der Waals surface area contributed by atoms with Gasteiger partial charge in [-0.1, -0.05) is 18.2 Å². The van der Waals surface area contributed by atoms with Gasteiger partial charge in [-0.15, -0.1) is 0 Å². The zero-order chi connectivity index (χ0) is 10.7. The molecule has 0 radical (unpaired) electrons. The highest BCUT2D eigenvalue weighted by Crippen LogP contribution is 2.26. The van der Waals surface area contributed by atoms with E-state index in [1.165, 1.54) is 5.56 Å². The van der Waals surface area contributed by atoms with Crippen LogP contribution in [-0.2, 0) is 6.54 Å². The van der Waals surface area contributed by atoms with E-state index in [0.29, 0.717) is 0 Å². The van der Waals surface area contributed by atoms with Crippen LogP contribution in [0.4, 0.5) is 0 Å². The maximum Gasteiger partial charge on any atom is 0.174 e. The standard InChI is InChI=1S/C12H10Br2N.BrH/c13-11-6-4-5-10(12(11)14)9-15-7-2-1-3-8-15;/h1-8H,9H2;1H/q+1;/p-1. The Morgan fingerprint density at radius 1 is 0.938 bits per heavy atom. The van der Waals surface area contributed by atoms with Crippen LogP contribution >= 0.6 is 31.9 Å². The van der Waals surface area contributed by atoms with Crippen LogP contribution in [0.1, 0.15) is 5.56 Å². The van der Waals surface area contributed by atoms with Gasteiger partial charge >= 0.3 is 0 Å². The van der Waals surface area contributed by atoms with Gasteiger partial charge in [0.1, 0.15) is 0 Å². The van der Waals surface area contributed by atoms with Crippen molar-refractivity contribution in [3.8, 4) is 0 Å². The van der Waals surface area contributed by atoms with E-state index >= 15 is 0 Å². The summed E-state index contributed by atoms with van der Waals surface area (Å²) in [6, 6.07) is 12.3. The van der Waals surface area contributed by atoms with E-state index in [2.05, 4.69) is 54.9 Å². The van der Waals surface area contributed by atoms with Crippen LogP contribution < -0.4 is 21.5 Å². The van der Waals surface area contributed by atoms with E-state index in [1.54, 1.807) is 0 Å². The molecule has 0 unspecified atom stereocenters. The van der Waals surface area contributed by atoms with Crippen LogP contribution in [-0.4, -0.2) is 0 Å². The molecule has 1 aromatic carbocycles. The Labute approximate surface area is 123 Å². The minimum absolute atomic E-state index is 0. The molecule has 84 valence electrons. The molecular weight excluding hydrogens is 398 g/mol. The molecule has 0 aliphatic carbocycles. The molecule has 1 aromatic heterocycles. The number of benzene rings is 1. The van der Waals surface area contributed by atoms with Crippen LogP contribution in [0.25, 0.3) is 0 Å². The molecule has 0 aliphatic heterocycles. The van der Waals surface area contributed by atoms with Crippen LogP contribution in [0.2, 0.25) is 0 Å². The summed E-state index contributed by atoms with van der Waals surface area (Å²) in [4.78, 5) is 0. The van der Waals surface area contributed by atoms with Gasteiger partial charge < -0.3 is 17.0 Å². The number of pyridine rings is 1. The molecule has 16 heavy (non-hydrogen) atoms. The third-order valence-electron chi connectivity index (χ3n) is 2.16. The van der Waals surface area contributed by atoms with Crippen LogP contribution in [0, 0.1) is 0 Å². The molecule has 0 atom stereocenters. The predicted molar refractivity (Wildman–Crippen MR) is 67.6 cm³/mol. The number of hydrogen-bond acceptors (Lipinski definition) is 0. The van der Waals surface area contributed by atoms with Crippen molar-refractivity contribution in [2.45, 2.75) is 6.54 Å². The first-order valence-corrected chi connectivity index (χ1v) is 6.23. The lowest BCUT2D eigenvalue weighted by atomic mass is 10.2. The minimum atomic E-state index is 0. The SMILES string of the molecule is Brc1cccc(C[n+]2ccccc2)c1Br.[Br-]. The van der Waals surface area contributed by atoms with Gasteiger partial charge in [-0.2, -0.15) is 0 Å². The highest BCUT2D eigenvalue weighted by Gasteiger charge is 2.07. The van der Waals surface area contributed by atoms with Gasteiger partial charge in [0.25, 0.3) is 0 Å². The molecule has 0 spiro atoms. The fraction of sp³-hybridized carbons (Fsp3) is 0.0833. The lowest BCUT2D eigenvalue weighted by Gasteiger charge is -2.02. The van der Waals surface area contributed by atoms with Crippen LogP contribution in [0.5, 0.6) is 0 Å². The number of hydrogen-bond donors (Lipinski definition) is 0. The zero-order valence-corrected chi connectivity index (χ0v) is 13.2. The topological polar surface area (TPSA) is 3.88 Å². The molecule has 2 aromatic rings. The van der Waals surface area contributed by atoms with Gasteiger partial charge in [0, 0.05) is 26.6 Å². The van der Waals surface area contributed by atoms with E-state index in [1.807, 2.05) is 30.3 Å². The Hall–Kier alpha value is -0.190. The van der Waals surface area contributed by atoms with Crippen molar-refractivity contribution >= 4 is 31.9 Å². The Bertz CT molecular complexity index is 457. The number of halogens is 3. The van der Waals surface area contributed by atoms with Crippen molar-refractivity contribution in [3.63, 3.8) is 0 Å². The summed E-state index contributed by atoms with van der Waals surface area (Å²) in [6.45, 7) is 0.876. The van der Waals surface area contributed by atoms with Gasteiger partial charge in [-0.25, -0.2) is 4.57 Å². The first-order valence-electron chi connectivity index (χ1n) is 4.64. The summed E-state index contributed by atoms with van der Waals surface area (Å²) < 4.78 is 4.37. The number of nitrogens with zero attached hydrogens (tertiary/aromatic N) is 1. The van der Waals surface area contributed by atoms with Crippen molar-refractivity contribution < 1.29 is 21.5 Å². The normalized spacial score (nSPS) is 9.62. The van der Waals surface area contributed by atoms with Gasteiger partial charge in [-0.05, 0) is 37.9 Å². The number of rotatable bonds is 2. The van der Waals surface area contributed by atoms with Crippen molar-refractivity contribution in [1.29, 1.82) is 0 Å². The molecule has 0 bridgehead atoms. The van der Waals surface area contributed by atoms with Gasteiger partial charge in [-0.3, -0.25) is 0 Å². The highest BCUT2D eigenvalue weighted by molar-refractivity contribution is 9.13. The van der Waals surface area contributed by atoms with E-state index in [-0.39, 0.29) is 17.0 Å². The third kappa shape index (κ3) is 3.40. The summed E-state index contributed by atoms with van der Waals surface area (Å²) in [5.74, 6) is 0. The summed E-state index contributed by atoms with van der Waals surface area (Å²) in [5, 5.41) is 0. The summed E-state index contributed by atoms with van der Waals surface area (Å²) in [5.41, 5.74) is 1.26. The lowest BCUT2D eigenvalue weighted by molar-refractivity contribution is -0.688. The summed E-state index contributed by atoms with van der Waals surface area (Å²) >= 11 is 7.08. The Morgan fingerprint density at radius 2 is 1.62 bits per heavy atom. The molecule has 0 fully saturated rings. The first kappa shape index (κ1) is 13.9. The van der Waals surface area contributed by atoms with Gasteiger partial charge in [0.05, 0.1) is 0 Å². The van der Waals surface area contributed by atoms with E-state index in [4.69, 9.17) is 0 Å². The largest absolute Gasteiger partial charge is 1.00 e. The maximum atomic E-state index is 3.58. The quantitative estimate of drug-likeness (QED) is 0.640.